The van der Waals surface area contributed by atoms with E-state index in [4.69, 9.17) is 19.5 Å². The predicted octanol–water partition coefficient (Wildman–Crippen LogP) is 3.12. The van der Waals surface area contributed by atoms with Crippen molar-refractivity contribution in [2.45, 2.75) is 25.9 Å². The highest BCUT2D eigenvalue weighted by Crippen LogP contribution is 2.22. The first kappa shape index (κ1) is 23.0. The summed E-state index contributed by atoms with van der Waals surface area (Å²) in [5.41, 5.74) is 3.27. The van der Waals surface area contributed by atoms with Crippen LogP contribution >= 0.6 is 0 Å². The summed E-state index contributed by atoms with van der Waals surface area (Å²) in [5, 5.41) is 20.5. The lowest BCUT2D eigenvalue weighted by Gasteiger charge is -2.16. The van der Waals surface area contributed by atoms with E-state index in [1.807, 2.05) is 30.3 Å². The van der Waals surface area contributed by atoms with Crippen molar-refractivity contribution in [1.29, 1.82) is 0 Å². The molecule has 1 aliphatic rings. The van der Waals surface area contributed by atoms with Crippen molar-refractivity contribution in [1.82, 2.24) is 15.4 Å². The van der Waals surface area contributed by atoms with Gasteiger partial charge in [-0.2, -0.15) is 0 Å². The van der Waals surface area contributed by atoms with Crippen LogP contribution in [0.1, 0.15) is 24.7 Å². The number of hydrogen-bond donors (Lipinski definition) is 4. The van der Waals surface area contributed by atoms with Crippen molar-refractivity contribution in [3.63, 3.8) is 0 Å². The highest BCUT2D eigenvalue weighted by Gasteiger charge is 2.23. The number of hydroxylamine groups is 1. The van der Waals surface area contributed by atoms with Gasteiger partial charge < -0.3 is 14.8 Å². The molecule has 1 atom stereocenters. The van der Waals surface area contributed by atoms with Gasteiger partial charge in [-0.15, -0.1) is 0 Å². The monoisotopic (exact) mass is 438 g/mol. The lowest BCUT2D eigenvalue weighted by molar-refractivity contribution is -0.134. The fraction of sp³-hybridized carbons (Fsp3) is 0.261. The molecule has 168 valence electrons. The molecule has 1 aliphatic heterocycles. The summed E-state index contributed by atoms with van der Waals surface area (Å²) >= 11 is 0. The fourth-order valence-corrected chi connectivity index (χ4v) is 3.44. The van der Waals surface area contributed by atoms with Crippen LogP contribution < -0.4 is 10.8 Å². The van der Waals surface area contributed by atoms with E-state index in [0.717, 1.165) is 61.1 Å². The van der Waals surface area contributed by atoms with E-state index in [-0.39, 0.29) is 0 Å². The molecule has 1 fully saturated rings. The number of nitrogens with one attached hydrogen (secondary N) is 2. The first-order valence-corrected chi connectivity index (χ1v) is 10.2. The maximum Gasteiger partial charge on any atom is 0.300 e. The van der Waals surface area contributed by atoms with Gasteiger partial charge in [0.05, 0.1) is 6.54 Å². The second kappa shape index (κ2) is 11.1. The molecule has 3 heterocycles. The van der Waals surface area contributed by atoms with E-state index in [1.165, 1.54) is 6.08 Å². The van der Waals surface area contributed by atoms with E-state index in [1.54, 1.807) is 17.8 Å². The molecule has 9 heteroatoms. The highest BCUT2D eigenvalue weighted by atomic mass is 16.5. The second-order valence-corrected chi connectivity index (χ2v) is 7.42. The lowest BCUT2D eigenvalue weighted by Crippen LogP contribution is -2.26. The smallest absolute Gasteiger partial charge is 0.300 e. The number of likely N-dealkylation sites (tertiary alicyclic amines) is 1. The molecule has 0 bridgehead atoms. The van der Waals surface area contributed by atoms with Gasteiger partial charge in [-0.1, -0.05) is 18.2 Å². The number of fused-ring (bicyclic) bond motifs is 1. The van der Waals surface area contributed by atoms with Gasteiger partial charge in [0, 0.05) is 43.7 Å². The van der Waals surface area contributed by atoms with Crippen LogP contribution in [0.3, 0.4) is 0 Å². The molecular formula is C23H26N4O5. The molecule has 2 aromatic heterocycles. The Bertz CT molecular complexity index is 1040. The molecule has 0 aliphatic carbocycles. The molecule has 0 saturated carbocycles. The number of aliphatic carboxylic acids is 1. The molecular weight excluding hydrogens is 412 g/mol. The van der Waals surface area contributed by atoms with E-state index in [9.17, 15) is 4.79 Å². The minimum absolute atomic E-state index is 0.332. The molecule has 3 aromatic rings. The van der Waals surface area contributed by atoms with Crippen molar-refractivity contribution >= 4 is 34.7 Å². The predicted molar refractivity (Wildman–Crippen MR) is 120 cm³/mol. The summed E-state index contributed by atoms with van der Waals surface area (Å²) < 4.78 is 5.92. The number of furan rings is 1. The number of carbonyl (C=O) groups is 2. The Kier molecular flexibility index (Phi) is 7.96. The lowest BCUT2D eigenvalue weighted by atomic mass is 10.2. The first-order chi connectivity index (χ1) is 15.4. The number of benzene rings is 1. The third-order valence-electron chi connectivity index (χ3n) is 4.80. The Morgan fingerprint density at radius 3 is 2.75 bits per heavy atom. The normalized spacial score (nSPS) is 16.0. The summed E-state index contributed by atoms with van der Waals surface area (Å²) in [4.78, 5) is 26.8. The molecule has 0 unspecified atom stereocenters. The van der Waals surface area contributed by atoms with Crippen LogP contribution in [-0.4, -0.2) is 51.2 Å². The number of amides is 1. The number of aromatic nitrogens is 1. The number of anilines is 1. The highest BCUT2D eigenvalue weighted by molar-refractivity contribution is 5.90. The Morgan fingerprint density at radius 1 is 1.28 bits per heavy atom. The third kappa shape index (κ3) is 6.93. The van der Waals surface area contributed by atoms with Gasteiger partial charge in [-0.05, 0) is 42.3 Å². The van der Waals surface area contributed by atoms with Gasteiger partial charge in [-0.3, -0.25) is 19.7 Å². The molecule has 0 radical (unpaired) electrons. The Hall–Kier alpha value is -3.69. The van der Waals surface area contributed by atoms with Crippen LogP contribution in [-0.2, 0) is 16.1 Å². The van der Waals surface area contributed by atoms with Crippen molar-refractivity contribution in [3.05, 3.63) is 66.1 Å². The van der Waals surface area contributed by atoms with Gasteiger partial charge in [0.15, 0.2) is 0 Å². The van der Waals surface area contributed by atoms with Crippen LogP contribution in [0.4, 0.5) is 5.82 Å². The molecule has 9 nitrogen and oxygen atoms in total. The number of nitrogens with zero attached hydrogens (tertiary/aromatic N) is 2. The third-order valence-corrected chi connectivity index (χ3v) is 4.80. The van der Waals surface area contributed by atoms with Gasteiger partial charge in [0.2, 0.25) is 0 Å². The standard InChI is InChI=1S/C21H22N4O3.C2H4O2/c26-21(24-27)8-6-15-5-7-20(22-12-15)23-17-9-10-25(13-17)14-18-11-16-3-1-2-4-19(16)28-18;1-2(3)4/h1-8,11-12,17,27H,9-10,13-14H2,(H,22,23)(H,24,26);1H3,(H,3,4)/b8-6+;/t17-;/m1./s1. The summed E-state index contributed by atoms with van der Waals surface area (Å²) in [6, 6.07) is 14.3. The molecule has 1 amide bonds. The molecule has 4 N–H and O–H groups in total. The van der Waals surface area contributed by atoms with E-state index in [0.29, 0.717) is 6.04 Å². The van der Waals surface area contributed by atoms with Crippen molar-refractivity contribution in [2.24, 2.45) is 0 Å². The molecule has 32 heavy (non-hydrogen) atoms. The van der Waals surface area contributed by atoms with Crippen LogP contribution in [0.25, 0.3) is 17.0 Å². The topological polar surface area (TPSA) is 128 Å². The maximum absolute atomic E-state index is 11.0. The van der Waals surface area contributed by atoms with Crippen molar-refractivity contribution < 1.29 is 24.3 Å². The number of carboxylic acid groups (broad SMARTS) is 1. The van der Waals surface area contributed by atoms with E-state index in [2.05, 4.69) is 27.3 Å². The molecule has 1 saturated heterocycles. The minimum Gasteiger partial charge on any atom is -0.481 e. The van der Waals surface area contributed by atoms with Gasteiger partial charge in [0.1, 0.15) is 17.2 Å². The fourth-order valence-electron chi connectivity index (χ4n) is 3.44. The summed E-state index contributed by atoms with van der Waals surface area (Å²) in [6.07, 6.45) is 5.56. The Labute approximate surface area is 185 Å². The van der Waals surface area contributed by atoms with Gasteiger partial charge in [-0.25, -0.2) is 10.5 Å². The minimum atomic E-state index is -0.833. The molecule has 0 spiro atoms. The van der Waals surface area contributed by atoms with Crippen LogP contribution in [0.2, 0.25) is 0 Å². The van der Waals surface area contributed by atoms with Crippen molar-refractivity contribution in [2.75, 3.05) is 18.4 Å². The quantitative estimate of drug-likeness (QED) is 0.263. The SMILES string of the molecule is CC(=O)O.O=C(/C=C/c1ccc(N[C@@H]2CCN(Cc3cc4ccccc4o3)C2)nc1)NO. The van der Waals surface area contributed by atoms with E-state index < -0.39 is 11.9 Å². The van der Waals surface area contributed by atoms with Gasteiger partial charge >= 0.3 is 0 Å². The van der Waals surface area contributed by atoms with Crippen molar-refractivity contribution in [3.8, 4) is 0 Å². The summed E-state index contributed by atoms with van der Waals surface area (Å²) in [7, 11) is 0. The zero-order valence-electron chi connectivity index (χ0n) is 17.7. The summed E-state index contributed by atoms with van der Waals surface area (Å²) in [6.45, 7) is 3.82. The zero-order valence-corrected chi connectivity index (χ0v) is 17.7. The number of rotatable bonds is 6. The number of para-hydroxylation sites is 1. The van der Waals surface area contributed by atoms with Crippen LogP contribution in [0, 0.1) is 0 Å². The maximum atomic E-state index is 11.0. The average Bonchev–Trinajstić information content (AvgIpc) is 3.38. The largest absolute Gasteiger partial charge is 0.481 e. The van der Waals surface area contributed by atoms with E-state index >= 15 is 0 Å². The van der Waals surface area contributed by atoms with Crippen LogP contribution in [0.15, 0.2) is 59.2 Å². The second-order valence-electron chi connectivity index (χ2n) is 7.42. The summed E-state index contributed by atoms with van der Waals surface area (Å²) in [5.74, 6) is 0.389. The average molecular weight is 438 g/mol. The first-order valence-electron chi connectivity index (χ1n) is 10.2. The van der Waals surface area contributed by atoms with Gasteiger partial charge in [0.25, 0.3) is 11.9 Å². The number of hydrogen-bond acceptors (Lipinski definition) is 7. The number of carboxylic acids is 1. The Balaban J connectivity index is 0.000000668. The Morgan fingerprint density at radius 2 is 2.06 bits per heavy atom. The number of pyridine rings is 1. The zero-order chi connectivity index (χ0) is 22.9. The van der Waals surface area contributed by atoms with Crippen LogP contribution in [0.5, 0.6) is 0 Å². The molecule has 1 aromatic carbocycles. The molecule has 4 rings (SSSR count). The number of carbonyl (C=O) groups excluding carboxylic acids is 1.